The molecule has 8 heteroatoms. The summed E-state index contributed by atoms with van der Waals surface area (Å²) in [5.41, 5.74) is 2.48. The van der Waals surface area contributed by atoms with E-state index in [0.29, 0.717) is 5.56 Å². The van der Waals surface area contributed by atoms with Crippen LogP contribution in [0.4, 0.5) is 0 Å². The lowest BCUT2D eigenvalue weighted by molar-refractivity contribution is 0.0600. The first kappa shape index (κ1) is 18.8. The van der Waals surface area contributed by atoms with E-state index in [1.807, 2.05) is 35.0 Å². The highest BCUT2D eigenvalue weighted by Crippen LogP contribution is 2.18. The number of aryl methyl sites for hydroxylation is 1. The fourth-order valence-corrected chi connectivity index (χ4v) is 3.87. The van der Waals surface area contributed by atoms with Gasteiger partial charge in [-0.1, -0.05) is 18.2 Å². The number of benzene rings is 2. The predicted molar refractivity (Wildman–Crippen MR) is 100 cm³/mol. The van der Waals surface area contributed by atoms with Crippen molar-refractivity contribution in [3.63, 3.8) is 0 Å². The van der Waals surface area contributed by atoms with Crippen LogP contribution in [-0.2, 0) is 21.3 Å². The van der Waals surface area contributed by atoms with Crippen molar-refractivity contribution in [3.05, 3.63) is 77.9 Å². The summed E-state index contributed by atoms with van der Waals surface area (Å²) >= 11 is 0. The highest BCUT2D eigenvalue weighted by Gasteiger charge is 2.19. The zero-order chi connectivity index (χ0) is 19.4. The van der Waals surface area contributed by atoms with Crippen LogP contribution in [0.25, 0.3) is 5.69 Å². The maximum Gasteiger partial charge on any atom is 0.337 e. The molecule has 0 aliphatic carbocycles. The van der Waals surface area contributed by atoms with E-state index in [4.69, 9.17) is 0 Å². The molecule has 0 radical (unpaired) electrons. The Morgan fingerprint density at radius 3 is 2.56 bits per heavy atom. The van der Waals surface area contributed by atoms with Gasteiger partial charge in [0, 0.05) is 24.6 Å². The molecule has 1 heterocycles. The summed E-state index contributed by atoms with van der Waals surface area (Å²) in [5.74, 6) is -0.582. The number of rotatable bonds is 6. The maximum atomic E-state index is 12.7. The van der Waals surface area contributed by atoms with E-state index in [-0.39, 0.29) is 17.0 Å². The van der Waals surface area contributed by atoms with E-state index in [1.165, 1.54) is 19.2 Å². The number of hydrogen-bond acceptors (Lipinski definition) is 5. The average Bonchev–Trinajstić information content (AvgIpc) is 3.21. The van der Waals surface area contributed by atoms with Crippen molar-refractivity contribution in [2.45, 2.75) is 18.4 Å². The average molecular weight is 385 g/mol. The Kier molecular flexibility index (Phi) is 5.38. The Labute approximate surface area is 157 Å². The highest BCUT2D eigenvalue weighted by molar-refractivity contribution is 7.89. The number of imidazole rings is 1. The third-order valence-electron chi connectivity index (χ3n) is 4.10. The lowest BCUT2D eigenvalue weighted by atomic mass is 10.1. The Morgan fingerprint density at radius 1 is 1.19 bits per heavy atom. The minimum atomic E-state index is -3.78. The molecule has 0 amide bonds. The van der Waals surface area contributed by atoms with Gasteiger partial charge < -0.3 is 9.30 Å². The van der Waals surface area contributed by atoms with E-state index in [1.54, 1.807) is 25.5 Å². The van der Waals surface area contributed by atoms with Crippen molar-refractivity contribution in [2.75, 3.05) is 7.11 Å². The molecule has 3 rings (SSSR count). The summed E-state index contributed by atoms with van der Waals surface area (Å²) in [6.45, 7) is 1.81. The molecule has 2 aromatic carbocycles. The second-order valence-electron chi connectivity index (χ2n) is 5.93. The number of carbonyl (C=O) groups is 1. The lowest BCUT2D eigenvalue weighted by Gasteiger charge is -2.11. The quantitative estimate of drug-likeness (QED) is 0.658. The molecule has 1 aromatic heterocycles. The zero-order valence-corrected chi connectivity index (χ0v) is 15.7. The molecular formula is C19H19N3O4S. The Hall–Kier alpha value is -2.97. The first-order valence-corrected chi connectivity index (χ1v) is 9.65. The summed E-state index contributed by atoms with van der Waals surface area (Å²) < 4.78 is 34.4. The number of hydrogen-bond donors (Lipinski definition) is 1. The van der Waals surface area contributed by atoms with Gasteiger partial charge in [-0.3, -0.25) is 0 Å². The minimum Gasteiger partial charge on any atom is -0.465 e. The van der Waals surface area contributed by atoms with E-state index in [9.17, 15) is 13.2 Å². The van der Waals surface area contributed by atoms with Gasteiger partial charge >= 0.3 is 5.97 Å². The molecule has 0 spiro atoms. The highest BCUT2D eigenvalue weighted by atomic mass is 32.2. The van der Waals surface area contributed by atoms with Crippen molar-refractivity contribution in [1.82, 2.24) is 14.3 Å². The van der Waals surface area contributed by atoms with Crippen molar-refractivity contribution in [1.29, 1.82) is 0 Å². The number of methoxy groups -OCH3 is 1. The van der Waals surface area contributed by atoms with E-state index in [0.717, 1.165) is 11.3 Å². The number of nitrogens with zero attached hydrogens (tertiary/aromatic N) is 2. The molecule has 0 saturated heterocycles. The van der Waals surface area contributed by atoms with Gasteiger partial charge in [0.25, 0.3) is 0 Å². The molecule has 1 N–H and O–H groups in total. The van der Waals surface area contributed by atoms with Crippen molar-refractivity contribution in [3.8, 4) is 5.69 Å². The molecule has 0 aliphatic heterocycles. The number of ether oxygens (including phenoxy) is 1. The number of carbonyl (C=O) groups excluding carboxylic acids is 1. The van der Waals surface area contributed by atoms with Crippen molar-refractivity contribution in [2.24, 2.45) is 0 Å². The predicted octanol–water partition coefficient (Wildman–Crippen LogP) is 2.45. The molecule has 0 fully saturated rings. The van der Waals surface area contributed by atoms with Crippen LogP contribution in [0.1, 0.15) is 21.5 Å². The Morgan fingerprint density at radius 2 is 1.93 bits per heavy atom. The second-order valence-corrected chi connectivity index (χ2v) is 7.67. The van der Waals surface area contributed by atoms with Gasteiger partial charge in [0.1, 0.15) is 0 Å². The van der Waals surface area contributed by atoms with Gasteiger partial charge in [-0.15, -0.1) is 0 Å². The monoisotopic (exact) mass is 385 g/mol. The fraction of sp³-hybridized carbons (Fsp3) is 0.158. The Balaban J connectivity index is 1.76. The third kappa shape index (κ3) is 4.24. The van der Waals surface area contributed by atoms with Gasteiger partial charge in [0.15, 0.2) is 0 Å². The summed E-state index contributed by atoms with van der Waals surface area (Å²) in [4.78, 5) is 15.7. The number of nitrogens with one attached hydrogen (secondary N) is 1. The molecule has 7 nitrogen and oxygen atoms in total. The smallest absolute Gasteiger partial charge is 0.337 e. The molecular weight excluding hydrogens is 366 g/mol. The zero-order valence-electron chi connectivity index (χ0n) is 14.9. The van der Waals surface area contributed by atoms with Gasteiger partial charge in [0.05, 0.1) is 23.9 Å². The number of aromatic nitrogens is 2. The first-order valence-electron chi connectivity index (χ1n) is 8.16. The van der Waals surface area contributed by atoms with Gasteiger partial charge in [-0.05, 0) is 42.3 Å². The summed E-state index contributed by atoms with van der Waals surface area (Å²) in [5, 5.41) is 0. The summed E-state index contributed by atoms with van der Waals surface area (Å²) in [7, 11) is -2.53. The molecule has 3 aromatic rings. The summed E-state index contributed by atoms with van der Waals surface area (Å²) in [6, 6.07) is 11.9. The number of esters is 1. The molecule has 0 aliphatic rings. The van der Waals surface area contributed by atoms with Crippen molar-refractivity contribution < 1.29 is 17.9 Å². The van der Waals surface area contributed by atoms with Crippen LogP contribution in [-0.4, -0.2) is 31.0 Å². The van der Waals surface area contributed by atoms with E-state index >= 15 is 0 Å². The molecule has 0 atom stereocenters. The SMILES string of the molecule is COC(=O)c1ccc(C)c(S(=O)(=O)NCc2ccc(-n3ccnc3)cc2)c1. The molecule has 0 bridgehead atoms. The van der Waals surface area contributed by atoms with Crippen LogP contribution in [0, 0.1) is 6.92 Å². The van der Waals surface area contributed by atoms with E-state index < -0.39 is 16.0 Å². The number of sulfonamides is 1. The second kappa shape index (κ2) is 7.73. The third-order valence-corrected chi connectivity index (χ3v) is 5.65. The van der Waals surface area contributed by atoms with E-state index in [2.05, 4.69) is 14.4 Å². The van der Waals surface area contributed by atoms with Crippen LogP contribution in [0.3, 0.4) is 0 Å². The standard InChI is InChI=1S/C19H19N3O4S/c1-14-3-6-16(19(23)26-2)11-18(14)27(24,25)21-12-15-4-7-17(8-5-15)22-10-9-20-13-22/h3-11,13,21H,12H2,1-2H3. The first-order chi connectivity index (χ1) is 12.9. The fourth-order valence-electron chi connectivity index (χ4n) is 2.59. The Bertz CT molecular complexity index is 1040. The topological polar surface area (TPSA) is 90.3 Å². The van der Waals surface area contributed by atoms with Crippen LogP contribution in [0.15, 0.2) is 66.1 Å². The van der Waals surface area contributed by atoms with Gasteiger partial charge in [-0.2, -0.15) is 0 Å². The van der Waals surface area contributed by atoms with Crippen molar-refractivity contribution >= 4 is 16.0 Å². The molecule has 0 saturated carbocycles. The lowest BCUT2D eigenvalue weighted by Crippen LogP contribution is -2.24. The van der Waals surface area contributed by atoms with Crippen LogP contribution in [0.5, 0.6) is 0 Å². The van der Waals surface area contributed by atoms with Crippen LogP contribution in [0.2, 0.25) is 0 Å². The maximum absolute atomic E-state index is 12.7. The van der Waals surface area contributed by atoms with Crippen LogP contribution >= 0.6 is 0 Å². The largest absolute Gasteiger partial charge is 0.465 e. The molecule has 27 heavy (non-hydrogen) atoms. The summed E-state index contributed by atoms with van der Waals surface area (Å²) in [6.07, 6.45) is 5.20. The molecule has 0 unspecified atom stereocenters. The minimum absolute atomic E-state index is 0.0560. The molecule has 140 valence electrons. The normalized spacial score (nSPS) is 11.3. The van der Waals surface area contributed by atoms with Gasteiger partial charge in [0.2, 0.25) is 10.0 Å². The van der Waals surface area contributed by atoms with Crippen LogP contribution < -0.4 is 4.72 Å². The van der Waals surface area contributed by atoms with Gasteiger partial charge in [-0.25, -0.2) is 22.9 Å².